The zero-order chi connectivity index (χ0) is 20.5. The minimum absolute atomic E-state index is 0.0640. The number of nitrogens with zero attached hydrogens (tertiary/aromatic N) is 3. The summed E-state index contributed by atoms with van der Waals surface area (Å²) in [4.78, 5) is 24.0. The number of rotatable bonds is 4. The van der Waals surface area contributed by atoms with Gasteiger partial charge in [-0.3, -0.25) is 14.7 Å². The first-order chi connectivity index (χ1) is 13.9. The molecule has 4 aromatic rings. The van der Waals surface area contributed by atoms with Crippen LogP contribution < -0.4 is 4.90 Å². The number of carbonyl (C=O) groups excluding carboxylic acids is 1. The Labute approximate surface area is 176 Å². The fourth-order valence-electron chi connectivity index (χ4n) is 3.02. The van der Waals surface area contributed by atoms with E-state index in [1.54, 1.807) is 11.1 Å². The van der Waals surface area contributed by atoms with Crippen molar-refractivity contribution in [1.29, 1.82) is 0 Å². The summed E-state index contributed by atoms with van der Waals surface area (Å²) in [5.74, 6) is -0.844. The van der Waals surface area contributed by atoms with E-state index in [9.17, 15) is 9.18 Å². The molecule has 2 heterocycles. The molecule has 0 N–H and O–H groups in total. The number of carbonyl (C=O) groups is 1. The number of amides is 1. The van der Waals surface area contributed by atoms with Gasteiger partial charge >= 0.3 is 0 Å². The number of anilines is 1. The monoisotopic (exact) mass is 425 g/mol. The molecule has 7 heteroatoms. The minimum atomic E-state index is -0.492. The van der Waals surface area contributed by atoms with Gasteiger partial charge in [-0.2, -0.15) is 0 Å². The highest BCUT2D eigenvalue weighted by molar-refractivity contribution is 7.22. The van der Waals surface area contributed by atoms with Crippen LogP contribution in [0.5, 0.6) is 0 Å². The molecule has 0 bridgehead atoms. The molecule has 0 saturated carbocycles. The van der Waals surface area contributed by atoms with Crippen LogP contribution in [-0.2, 0) is 6.54 Å². The molecule has 2 aromatic carbocycles. The Kier molecular flexibility index (Phi) is 5.30. The summed E-state index contributed by atoms with van der Waals surface area (Å²) in [6.07, 6.45) is 1.68. The third-order valence-corrected chi connectivity index (χ3v) is 6.11. The Hall–Kier alpha value is -2.83. The molecule has 0 fully saturated rings. The summed E-state index contributed by atoms with van der Waals surface area (Å²) in [6, 6.07) is 13.3. The van der Waals surface area contributed by atoms with Gasteiger partial charge in [-0.05, 0) is 61.4 Å². The van der Waals surface area contributed by atoms with Crippen LogP contribution in [0.15, 0.2) is 54.7 Å². The van der Waals surface area contributed by atoms with E-state index in [-0.39, 0.29) is 23.0 Å². The standard InChI is InChI=1S/C22H17ClFN3OS/c1-13-6-9-19-20(14(13)2)26-22(29-19)27(12-16-5-3-4-10-25-16)21(28)17-8-7-15(24)11-18(17)23/h3-11H,12H2,1-2H3. The minimum Gasteiger partial charge on any atom is -0.278 e. The number of fused-ring (bicyclic) bond motifs is 1. The second-order valence-corrected chi connectivity index (χ2v) is 8.10. The lowest BCUT2D eigenvalue weighted by Crippen LogP contribution is -2.31. The average Bonchev–Trinajstić information content (AvgIpc) is 3.14. The summed E-state index contributed by atoms with van der Waals surface area (Å²) in [6.45, 7) is 4.27. The predicted molar refractivity (Wildman–Crippen MR) is 115 cm³/mol. The van der Waals surface area contributed by atoms with E-state index in [4.69, 9.17) is 16.6 Å². The number of thiazole rings is 1. The lowest BCUT2D eigenvalue weighted by Gasteiger charge is -2.20. The van der Waals surface area contributed by atoms with Crippen LogP contribution in [0.3, 0.4) is 0 Å². The predicted octanol–water partition coefficient (Wildman–Crippen LogP) is 5.95. The number of pyridine rings is 1. The highest BCUT2D eigenvalue weighted by atomic mass is 35.5. The van der Waals surface area contributed by atoms with E-state index in [2.05, 4.69) is 4.98 Å². The molecule has 1 amide bonds. The summed E-state index contributed by atoms with van der Waals surface area (Å²) >= 11 is 7.59. The van der Waals surface area contributed by atoms with Gasteiger partial charge < -0.3 is 0 Å². The number of hydrogen-bond acceptors (Lipinski definition) is 4. The Balaban J connectivity index is 1.82. The maximum absolute atomic E-state index is 13.5. The highest BCUT2D eigenvalue weighted by Gasteiger charge is 2.24. The van der Waals surface area contributed by atoms with E-state index in [1.807, 2.05) is 44.2 Å². The van der Waals surface area contributed by atoms with E-state index in [0.717, 1.165) is 27.4 Å². The average molecular weight is 426 g/mol. The molecule has 29 heavy (non-hydrogen) atoms. The van der Waals surface area contributed by atoms with Crippen molar-refractivity contribution in [2.75, 3.05) is 4.90 Å². The number of hydrogen-bond donors (Lipinski definition) is 0. The zero-order valence-corrected chi connectivity index (χ0v) is 17.4. The summed E-state index contributed by atoms with van der Waals surface area (Å²) in [5, 5.41) is 0.610. The molecule has 2 aromatic heterocycles. The lowest BCUT2D eigenvalue weighted by molar-refractivity contribution is 0.0985. The smallest absolute Gasteiger partial charge is 0.261 e. The molecule has 0 aliphatic rings. The van der Waals surface area contributed by atoms with Crippen LogP contribution in [0.1, 0.15) is 27.2 Å². The molecule has 4 rings (SSSR count). The zero-order valence-electron chi connectivity index (χ0n) is 15.8. The van der Waals surface area contributed by atoms with E-state index < -0.39 is 5.82 Å². The van der Waals surface area contributed by atoms with Crippen LogP contribution in [0.4, 0.5) is 9.52 Å². The normalized spacial score (nSPS) is 11.0. The number of halogens is 2. The van der Waals surface area contributed by atoms with Gasteiger partial charge in [-0.1, -0.05) is 35.1 Å². The molecule has 0 aliphatic heterocycles. The number of benzene rings is 2. The van der Waals surface area contributed by atoms with Crippen molar-refractivity contribution in [3.8, 4) is 0 Å². The summed E-state index contributed by atoms with van der Waals surface area (Å²) in [5.41, 5.74) is 4.02. The molecule has 0 aliphatic carbocycles. The topological polar surface area (TPSA) is 46.1 Å². The second-order valence-electron chi connectivity index (χ2n) is 6.69. The Bertz CT molecular complexity index is 1210. The van der Waals surface area contributed by atoms with Crippen molar-refractivity contribution in [1.82, 2.24) is 9.97 Å². The van der Waals surface area contributed by atoms with E-state index >= 15 is 0 Å². The van der Waals surface area contributed by atoms with E-state index in [1.165, 1.54) is 23.5 Å². The van der Waals surface area contributed by atoms with Gasteiger partial charge in [-0.25, -0.2) is 9.37 Å². The number of aromatic nitrogens is 2. The van der Waals surface area contributed by atoms with Crippen molar-refractivity contribution in [3.05, 3.63) is 88.0 Å². The third-order valence-electron chi connectivity index (χ3n) is 4.76. The van der Waals surface area contributed by atoms with Gasteiger partial charge in [-0.15, -0.1) is 0 Å². The van der Waals surface area contributed by atoms with Crippen molar-refractivity contribution in [2.45, 2.75) is 20.4 Å². The molecule has 0 saturated heterocycles. The molecule has 0 atom stereocenters. The molecule has 146 valence electrons. The van der Waals surface area contributed by atoms with Gasteiger partial charge in [0.15, 0.2) is 5.13 Å². The SMILES string of the molecule is Cc1ccc2sc(N(Cc3ccccn3)C(=O)c3ccc(F)cc3Cl)nc2c1C. The first-order valence-corrected chi connectivity index (χ1v) is 10.2. The first kappa shape index (κ1) is 19.5. The van der Waals surface area contributed by atoms with Crippen molar-refractivity contribution < 1.29 is 9.18 Å². The highest BCUT2D eigenvalue weighted by Crippen LogP contribution is 2.34. The molecular weight excluding hydrogens is 409 g/mol. The quantitative estimate of drug-likeness (QED) is 0.406. The molecule has 0 unspecified atom stereocenters. The van der Waals surface area contributed by atoms with Crippen molar-refractivity contribution >= 4 is 44.2 Å². The van der Waals surface area contributed by atoms with Gasteiger partial charge in [0.05, 0.1) is 33.0 Å². The lowest BCUT2D eigenvalue weighted by atomic mass is 10.1. The molecule has 0 radical (unpaired) electrons. The largest absolute Gasteiger partial charge is 0.278 e. The maximum Gasteiger partial charge on any atom is 0.261 e. The Morgan fingerprint density at radius 2 is 2.00 bits per heavy atom. The fourth-order valence-corrected chi connectivity index (χ4v) is 4.29. The first-order valence-electron chi connectivity index (χ1n) is 8.97. The van der Waals surface area contributed by atoms with Gasteiger partial charge in [0, 0.05) is 6.20 Å². The Morgan fingerprint density at radius 1 is 1.17 bits per heavy atom. The van der Waals surface area contributed by atoms with Crippen LogP contribution >= 0.6 is 22.9 Å². The Morgan fingerprint density at radius 3 is 2.72 bits per heavy atom. The number of aryl methyl sites for hydroxylation is 2. The van der Waals surface area contributed by atoms with Crippen LogP contribution in [0.2, 0.25) is 5.02 Å². The third kappa shape index (κ3) is 3.86. The summed E-state index contributed by atoms with van der Waals surface area (Å²) in [7, 11) is 0. The van der Waals surface area contributed by atoms with Crippen molar-refractivity contribution in [3.63, 3.8) is 0 Å². The molecule has 0 spiro atoms. The second kappa shape index (κ2) is 7.89. The molecular formula is C22H17ClFN3OS. The van der Waals surface area contributed by atoms with Gasteiger partial charge in [0.2, 0.25) is 0 Å². The van der Waals surface area contributed by atoms with E-state index in [0.29, 0.717) is 10.8 Å². The van der Waals surface area contributed by atoms with Gasteiger partial charge in [0.1, 0.15) is 5.82 Å². The van der Waals surface area contributed by atoms with Crippen molar-refractivity contribution in [2.24, 2.45) is 0 Å². The van der Waals surface area contributed by atoms with Crippen LogP contribution in [0, 0.1) is 19.7 Å². The van der Waals surface area contributed by atoms with Crippen LogP contribution in [-0.4, -0.2) is 15.9 Å². The fraction of sp³-hybridized carbons (Fsp3) is 0.136. The maximum atomic E-state index is 13.5. The van der Waals surface area contributed by atoms with Gasteiger partial charge in [0.25, 0.3) is 5.91 Å². The summed E-state index contributed by atoms with van der Waals surface area (Å²) < 4.78 is 14.5. The van der Waals surface area contributed by atoms with Crippen LogP contribution in [0.25, 0.3) is 10.2 Å². The molecule has 4 nitrogen and oxygen atoms in total.